The van der Waals surface area contributed by atoms with Gasteiger partial charge >= 0.3 is 0 Å². The van der Waals surface area contributed by atoms with Crippen molar-refractivity contribution in [3.05, 3.63) is 60.2 Å². The molecule has 0 aliphatic carbocycles. The summed E-state index contributed by atoms with van der Waals surface area (Å²) >= 11 is 0. The molecule has 0 saturated carbocycles. The van der Waals surface area contributed by atoms with Crippen molar-refractivity contribution in [1.82, 2.24) is 4.31 Å². The number of hydrogen-bond donors (Lipinski definition) is 2. The molecule has 27 heavy (non-hydrogen) atoms. The lowest BCUT2D eigenvalue weighted by Gasteiger charge is -2.30. The highest BCUT2D eigenvalue weighted by Gasteiger charge is 2.32. The van der Waals surface area contributed by atoms with Crippen molar-refractivity contribution in [3.8, 4) is 0 Å². The van der Waals surface area contributed by atoms with Gasteiger partial charge in [0.15, 0.2) is 0 Å². The van der Waals surface area contributed by atoms with E-state index in [0.29, 0.717) is 18.5 Å². The van der Waals surface area contributed by atoms with Crippen LogP contribution < -0.4 is 11.1 Å². The standard InChI is InChI=1S/C19H21N3O4S/c20-18(23)16-8-4-5-9-17(16)21-19(24)14-10-12-22(13-11-14)27(25,26)15-6-2-1-3-7-15/h1-9,14H,10-13H2,(H2,20,23)(H,21,24). The molecule has 0 spiro atoms. The highest BCUT2D eigenvalue weighted by atomic mass is 32.2. The van der Waals surface area contributed by atoms with Gasteiger partial charge in [-0.25, -0.2) is 8.42 Å². The molecule has 2 aromatic carbocycles. The minimum absolute atomic E-state index is 0.236. The highest BCUT2D eigenvalue weighted by Crippen LogP contribution is 2.25. The molecule has 1 saturated heterocycles. The van der Waals surface area contributed by atoms with Crippen LogP contribution >= 0.6 is 0 Å². The van der Waals surface area contributed by atoms with Gasteiger partial charge in [-0.05, 0) is 37.1 Å². The van der Waals surface area contributed by atoms with Crippen LogP contribution in [0.15, 0.2) is 59.5 Å². The summed E-state index contributed by atoms with van der Waals surface area (Å²) in [5.41, 5.74) is 5.94. The maximum Gasteiger partial charge on any atom is 0.250 e. The zero-order valence-corrected chi connectivity index (χ0v) is 15.5. The Kier molecular flexibility index (Phi) is 5.57. The molecule has 1 aliphatic rings. The summed E-state index contributed by atoms with van der Waals surface area (Å²) in [5, 5.41) is 2.74. The molecular weight excluding hydrogens is 366 g/mol. The molecule has 0 atom stereocenters. The van der Waals surface area contributed by atoms with E-state index >= 15 is 0 Å². The van der Waals surface area contributed by atoms with Crippen molar-refractivity contribution in [2.75, 3.05) is 18.4 Å². The minimum Gasteiger partial charge on any atom is -0.366 e. The van der Waals surface area contributed by atoms with Crippen molar-refractivity contribution < 1.29 is 18.0 Å². The van der Waals surface area contributed by atoms with Crippen LogP contribution in [0.3, 0.4) is 0 Å². The van der Waals surface area contributed by atoms with E-state index < -0.39 is 15.9 Å². The summed E-state index contributed by atoms with van der Waals surface area (Å²) in [7, 11) is -3.55. The zero-order chi connectivity index (χ0) is 19.4. The Morgan fingerprint density at radius 1 is 0.963 bits per heavy atom. The van der Waals surface area contributed by atoms with Crippen molar-refractivity contribution in [3.63, 3.8) is 0 Å². The Labute approximate surface area is 158 Å². The lowest BCUT2D eigenvalue weighted by atomic mass is 9.97. The van der Waals surface area contributed by atoms with Gasteiger partial charge in [-0.2, -0.15) is 4.31 Å². The monoisotopic (exact) mass is 387 g/mol. The first-order chi connectivity index (χ1) is 12.9. The first-order valence-corrected chi connectivity index (χ1v) is 10.1. The summed E-state index contributed by atoms with van der Waals surface area (Å²) in [4.78, 5) is 24.3. The van der Waals surface area contributed by atoms with Gasteiger partial charge in [0.1, 0.15) is 0 Å². The Morgan fingerprint density at radius 2 is 1.56 bits per heavy atom. The Morgan fingerprint density at radius 3 is 2.19 bits per heavy atom. The summed E-state index contributed by atoms with van der Waals surface area (Å²) in [6, 6.07) is 14.8. The van der Waals surface area contributed by atoms with Crippen LogP contribution in [0.2, 0.25) is 0 Å². The number of nitrogens with zero attached hydrogens (tertiary/aromatic N) is 1. The van der Waals surface area contributed by atoms with Crippen LogP contribution in [0.5, 0.6) is 0 Å². The average Bonchev–Trinajstić information content (AvgIpc) is 2.69. The molecule has 1 aliphatic heterocycles. The number of hydrogen-bond acceptors (Lipinski definition) is 4. The van der Waals surface area contributed by atoms with Crippen LogP contribution in [0.4, 0.5) is 5.69 Å². The number of amides is 2. The molecule has 3 rings (SSSR count). The Balaban J connectivity index is 1.64. The quantitative estimate of drug-likeness (QED) is 0.815. The number of primary amides is 1. The van der Waals surface area contributed by atoms with Gasteiger partial charge in [0, 0.05) is 19.0 Å². The van der Waals surface area contributed by atoms with Crippen LogP contribution in [-0.4, -0.2) is 37.6 Å². The third-order valence-corrected chi connectivity index (χ3v) is 6.57. The second-order valence-electron chi connectivity index (χ2n) is 6.39. The average molecular weight is 387 g/mol. The molecule has 7 nitrogen and oxygen atoms in total. The number of rotatable bonds is 5. The summed E-state index contributed by atoms with van der Waals surface area (Å²) in [5.74, 6) is -1.18. The van der Waals surface area contributed by atoms with E-state index in [9.17, 15) is 18.0 Å². The number of anilines is 1. The molecule has 2 amide bonds. The smallest absolute Gasteiger partial charge is 0.250 e. The van der Waals surface area contributed by atoms with E-state index in [1.54, 1.807) is 54.6 Å². The van der Waals surface area contributed by atoms with E-state index in [0.717, 1.165) is 0 Å². The van der Waals surface area contributed by atoms with Gasteiger partial charge in [0.2, 0.25) is 15.9 Å². The number of nitrogens with one attached hydrogen (secondary N) is 1. The fourth-order valence-corrected chi connectivity index (χ4v) is 4.63. The molecule has 0 radical (unpaired) electrons. The number of para-hydroxylation sites is 1. The molecule has 1 fully saturated rings. The Hall–Kier alpha value is -2.71. The summed E-state index contributed by atoms with van der Waals surface area (Å²) < 4.78 is 26.7. The summed E-state index contributed by atoms with van der Waals surface area (Å²) in [6.45, 7) is 0.541. The van der Waals surface area contributed by atoms with Gasteiger partial charge in [-0.3, -0.25) is 9.59 Å². The first-order valence-electron chi connectivity index (χ1n) is 8.64. The van der Waals surface area contributed by atoms with Crippen LogP contribution in [0.25, 0.3) is 0 Å². The van der Waals surface area contributed by atoms with Gasteiger partial charge in [0.25, 0.3) is 5.91 Å². The molecule has 8 heteroatoms. The summed E-state index contributed by atoms with van der Waals surface area (Å²) in [6.07, 6.45) is 0.827. The largest absolute Gasteiger partial charge is 0.366 e. The van der Waals surface area contributed by atoms with Gasteiger partial charge in [-0.15, -0.1) is 0 Å². The molecule has 3 N–H and O–H groups in total. The molecule has 0 aromatic heterocycles. The Bertz CT molecular complexity index is 936. The third kappa shape index (κ3) is 4.17. The first kappa shape index (κ1) is 19.1. The van der Waals surface area contributed by atoms with Gasteiger partial charge in [0.05, 0.1) is 16.1 Å². The predicted molar refractivity (Wildman–Crippen MR) is 102 cm³/mol. The van der Waals surface area contributed by atoms with Crippen molar-refractivity contribution in [2.45, 2.75) is 17.7 Å². The molecule has 0 bridgehead atoms. The minimum atomic E-state index is -3.55. The van der Waals surface area contributed by atoms with E-state index in [1.807, 2.05) is 0 Å². The fourth-order valence-electron chi connectivity index (χ4n) is 3.14. The van der Waals surface area contributed by atoms with Crippen LogP contribution in [0.1, 0.15) is 23.2 Å². The van der Waals surface area contributed by atoms with Crippen molar-refractivity contribution >= 4 is 27.5 Å². The molecule has 0 unspecified atom stereocenters. The lowest BCUT2D eigenvalue weighted by molar-refractivity contribution is -0.120. The van der Waals surface area contributed by atoms with Crippen molar-refractivity contribution in [1.29, 1.82) is 0 Å². The molecule has 142 valence electrons. The predicted octanol–water partition coefficient (Wildman–Crippen LogP) is 1.82. The number of benzene rings is 2. The number of nitrogens with two attached hydrogens (primary N) is 1. The molecule has 2 aromatic rings. The topological polar surface area (TPSA) is 110 Å². The zero-order valence-electron chi connectivity index (χ0n) is 14.7. The second-order valence-corrected chi connectivity index (χ2v) is 8.33. The van der Waals surface area contributed by atoms with E-state index in [2.05, 4.69) is 5.32 Å². The van der Waals surface area contributed by atoms with E-state index in [-0.39, 0.29) is 35.4 Å². The van der Waals surface area contributed by atoms with Gasteiger partial charge < -0.3 is 11.1 Å². The fraction of sp³-hybridized carbons (Fsp3) is 0.263. The number of sulfonamides is 1. The molecular formula is C19H21N3O4S. The van der Waals surface area contributed by atoms with Crippen LogP contribution in [-0.2, 0) is 14.8 Å². The third-order valence-electron chi connectivity index (χ3n) is 4.66. The SMILES string of the molecule is NC(=O)c1ccccc1NC(=O)C1CCN(S(=O)(=O)c2ccccc2)CC1. The maximum atomic E-state index is 12.6. The number of carbonyl (C=O) groups excluding carboxylic acids is 2. The van der Waals surface area contributed by atoms with E-state index in [4.69, 9.17) is 5.73 Å². The van der Waals surface area contributed by atoms with Crippen LogP contribution in [0, 0.1) is 5.92 Å². The lowest BCUT2D eigenvalue weighted by Crippen LogP contribution is -2.41. The molecule has 1 heterocycles. The maximum absolute atomic E-state index is 12.6. The normalized spacial score (nSPS) is 16.0. The number of piperidine rings is 1. The van der Waals surface area contributed by atoms with Gasteiger partial charge in [-0.1, -0.05) is 30.3 Å². The van der Waals surface area contributed by atoms with E-state index in [1.165, 1.54) is 4.31 Å². The number of carbonyl (C=O) groups is 2. The second kappa shape index (κ2) is 7.89. The van der Waals surface area contributed by atoms with Crippen molar-refractivity contribution in [2.24, 2.45) is 11.7 Å². The highest BCUT2D eigenvalue weighted by molar-refractivity contribution is 7.89.